The molecular formula is C22H34N2O3. The van der Waals surface area contributed by atoms with Crippen LogP contribution in [-0.2, 0) is 5.60 Å². The van der Waals surface area contributed by atoms with Gasteiger partial charge in [-0.1, -0.05) is 13.8 Å². The van der Waals surface area contributed by atoms with Gasteiger partial charge in [-0.2, -0.15) is 0 Å². The maximum Gasteiger partial charge on any atom is 0.138 e. The Labute approximate surface area is 161 Å². The van der Waals surface area contributed by atoms with E-state index in [9.17, 15) is 15.3 Å². The molecule has 27 heavy (non-hydrogen) atoms. The van der Waals surface area contributed by atoms with Gasteiger partial charge in [0.05, 0.1) is 11.7 Å². The van der Waals surface area contributed by atoms with Crippen molar-refractivity contribution in [1.29, 1.82) is 0 Å². The van der Waals surface area contributed by atoms with Crippen LogP contribution in [-0.4, -0.2) is 37.0 Å². The molecule has 5 nitrogen and oxygen atoms in total. The Hall–Kier alpha value is -0.910. The minimum Gasteiger partial charge on any atom is -0.393 e. The van der Waals surface area contributed by atoms with Crippen LogP contribution >= 0.6 is 0 Å². The summed E-state index contributed by atoms with van der Waals surface area (Å²) >= 11 is 0. The zero-order valence-electron chi connectivity index (χ0n) is 16.6. The Balaban J connectivity index is 1.52. The van der Waals surface area contributed by atoms with Crippen LogP contribution in [0.5, 0.6) is 0 Å². The van der Waals surface area contributed by atoms with Crippen molar-refractivity contribution in [3.8, 4) is 0 Å². The summed E-state index contributed by atoms with van der Waals surface area (Å²) in [5, 5.41) is 34.0. The number of aromatic nitrogens is 2. The lowest BCUT2D eigenvalue weighted by Gasteiger charge is -2.64. The van der Waals surface area contributed by atoms with Gasteiger partial charge in [-0.05, 0) is 81.0 Å². The highest BCUT2D eigenvalue weighted by molar-refractivity contribution is 5.25. The normalized spacial score (nSPS) is 54.9. The lowest BCUT2D eigenvalue weighted by atomic mass is 9.43. The van der Waals surface area contributed by atoms with E-state index in [-0.39, 0.29) is 17.4 Å². The molecule has 0 unspecified atom stereocenters. The van der Waals surface area contributed by atoms with Gasteiger partial charge < -0.3 is 20.3 Å². The largest absolute Gasteiger partial charge is 0.393 e. The van der Waals surface area contributed by atoms with Crippen LogP contribution in [0.2, 0.25) is 0 Å². The van der Waals surface area contributed by atoms with Gasteiger partial charge in [-0.25, -0.2) is 4.98 Å². The van der Waals surface area contributed by atoms with Gasteiger partial charge in [0.25, 0.3) is 0 Å². The molecule has 5 heteroatoms. The number of imidazole rings is 1. The molecule has 4 aliphatic rings. The van der Waals surface area contributed by atoms with Crippen LogP contribution < -0.4 is 0 Å². The summed E-state index contributed by atoms with van der Waals surface area (Å²) < 4.78 is 0. The van der Waals surface area contributed by atoms with Crippen LogP contribution in [0.25, 0.3) is 0 Å². The molecule has 4 N–H and O–H groups in total. The number of hydrogen-bond acceptors (Lipinski definition) is 4. The Morgan fingerprint density at radius 2 is 1.81 bits per heavy atom. The zero-order chi connectivity index (χ0) is 19.1. The van der Waals surface area contributed by atoms with E-state index in [4.69, 9.17) is 0 Å². The van der Waals surface area contributed by atoms with Crippen LogP contribution in [0, 0.1) is 28.6 Å². The molecule has 4 fully saturated rings. The van der Waals surface area contributed by atoms with E-state index in [1.807, 2.05) is 0 Å². The number of hydrogen-bond donors (Lipinski definition) is 4. The molecule has 1 heterocycles. The van der Waals surface area contributed by atoms with Crippen LogP contribution in [0.15, 0.2) is 12.4 Å². The second-order valence-corrected chi connectivity index (χ2v) is 10.5. The molecule has 0 aliphatic heterocycles. The number of rotatable bonds is 1. The summed E-state index contributed by atoms with van der Waals surface area (Å²) in [5.41, 5.74) is -2.29. The summed E-state index contributed by atoms with van der Waals surface area (Å²) in [6, 6.07) is 0. The summed E-state index contributed by atoms with van der Waals surface area (Å²) in [6.07, 6.45) is 11.4. The number of nitrogens with zero attached hydrogens (tertiary/aromatic N) is 1. The van der Waals surface area contributed by atoms with Gasteiger partial charge in [-0.3, -0.25) is 0 Å². The minimum atomic E-state index is -1.09. The molecule has 0 aromatic carbocycles. The van der Waals surface area contributed by atoms with Crippen molar-refractivity contribution in [2.45, 2.75) is 88.9 Å². The number of aromatic amines is 1. The lowest BCUT2D eigenvalue weighted by Crippen LogP contribution is -2.64. The first kappa shape index (κ1) is 18.1. The van der Waals surface area contributed by atoms with Gasteiger partial charge in [0, 0.05) is 17.8 Å². The number of aliphatic hydroxyl groups is 3. The number of nitrogens with one attached hydrogen (secondary N) is 1. The molecule has 150 valence electrons. The second-order valence-electron chi connectivity index (χ2n) is 10.5. The maximum absolute atomic E-state index is 12.1. The van der Waals surface area contributed by atoms with Crippen molar-refractivity contribution >= 4 is 0 Å². The first-order chi connectivity index (χ1) is 12.7. The van der Waals surface area contributed by atoms with E-state index < -0.39 is 16.6 Å². The monoisotopic (exact) mass is 374 g/mol. The van der Waals surface area contributed by atoms with Crippen LogP contribution in [0.1, 0.15) is 77.5 Å². The maximum atomic E-state index is 12.1. The van der Waals surface area contributed by atoms with Crippen molar-refractivity contribution in [2.75, 3.05) is 0 Å². The summed E-state index contributed by atoms with van der Waals surface area (Å²) in [7, 11) is 0. The standard InChI is InChI=1S/C22H34N2O3/c1-19-7-5-15(25)13-14(19)3-4-17-16(19)6-8-20(2)21(17,26)9-10-22(20,27)18-23-11-12-24-18/h11-12,14-17,25-27H,3-10,13H2,1-2H3,(H,23,24)/t14-,15-,16-,17+,19-,20-,21-,22-/m0/s1. The van der Waals surface area contributed by atoms with E-state index in [0.717, 1.165) is 44.9 Å². The van der Waals surface area contributed by atoms with Gasteiger partial charge >= 0.3 is 0 Å². The van der Waals surface area contributed by atoms with Crippen LogP contribution in [0.4, 0.5) is 0 Å². The Morgan fingerprint density at radius 1 is 1.00 bits per heavy atom. The van der Waals surface area contributed by atoms with E-state index in [1.54, 1.807) is 12.4 Å². The predicted molar refractivity (Wildman–Crippen MR) is 102 cm³/mol. The van der Waals surface area contributed by atoms with Gasteiger partial charge in [-0.15, -0.1) is 0 Å². The van der Waals surface area contributed by atoms with Crippen molar-refractivity contribution in [2.24, 2.45) is 28.6 Å². The SMILES string of the molecule is C[C@]12CC[C@H](O)C[C@@H]1CC[C@@H]1[C@@H]2CC[C@]2(C)[C@@](O)(c3ncc[nH]3)CC[C@]12O. The Kier molecular flexibility index (Phi) is 3.75. The molecule has 8 atom stereocenters. The topological polar surface area (TPSA) is 89.4 Å². The van der Waals surface area contributed by atoms with E-state index >= 15 is 0 Å². The fourth-order valence-corrected chi connectivity index (χ4v) is 8.09. The molecular weight excluding hydrogens is 340 g/mol. The molecule has 4 saturated carbocycles. The zero-order valence-corrected chi connectivity index (χ0v) is 16.6. The molecule has 0 amide bonds. The average molecular weight is 375 g/mol. The third-order valence-electron chi connectivity index (χ3n) is 9.86. The molecule has 0 saturated heterocycles. The predicted octanol–water partition coefficient (Wildman–Crippen LogP) is 3.12. The van der Waals surface area contributed by atoms with Crippen molar-refractivity contribution in [3.05, 3.63) is 18.2 Å². The molecule has 0 bridgehead atoms. The van der Waals surface area contributed by atoms with Gasteiger partial charge in [0.15, 0.2) is 0 Å². The summed E-state index contributed by atoms with van der Waals surface area (Å²) in [4.78, 5) is 7.51. The van der Waals surface area contributed by atoms with E-state index in [0.29, 0.717) is 30.5 Å². The first-order valence-corrected chi connectivity index (χ1v) is 10.9. The molecule has 0 spiro atoms. The van der Waals surface area contributed by atoms with E-state index in [2.05, 4.69) is 23.8 Å². The summed E-state index contributed by atoms with van der Waals surface area (Å²) in [6.45, 7) is 4.51. The third kappa shape index (κ3) is 2.09. The molecule has 1 aromatic rings. The van der Waals surface area contributed by atoms with Crippen LogP contribution in [0.3, 0.4) is 0 Å². The average Bonchev–Trinajstić information content (AvgIpc) is 3.24. The number of H-pyrrole nitrogens is 1. The van der Waals surface area contributed by atoms with Crippen molar-refractivity contribution < 1.29 is 15.3 Å². The molecule has 4 aliphatic carbocycles. The fraction of sp³-hybridized carbons (Fsp3) is 0.864. The third-order valence-corrected chi connectivity index (χ3v) is 9.86. The minimum absolute atomic E-state index is 0.146. The van der Waals surface area contributed by atoms with Crippen molar-refractivity contribution in [1.82, 2.24) is 9.97 Å². The van der Waals surface area contributed by atoms with Gasteiger partial charge in [0.2, 0.25) is 0 Å². The Bertz CT molecular complexity index is 723. The smallest absolute Gasteiger partial charge is 0.138 e. The van der Waals surface area contributed by atoms with Crippen molar-refractivity contribution in [3.63, 3.8) is 0 Å². The number of aliphatic hydroxyl groups excluding tert-OH is 1. The van der Waals surface area contributed by atoms with E-state index in [1.165, 1.54) is 0 Å². The Morgan fingerprint density at radius 3 is 2.56 bits per heavy atom. The highest BCUT2D eigenvalue weighted by Gasteiger charge is 2.72. The second kappa shape index (κ2) is 5.58. The number of fused-ring (bicyclic) bond motifs is 5. The fourth-order valence-electron chi connectivity index (χ4n) is 8.09. The highest BCUT2D eigenvalue weighted by Crippen LogP contribution is 2.71. The van der Waals surface area contributed by atoms with Gasteiger partial charge in [0.1, 0.15) is 11.4 Å². The lowest BCUT2D eigenvalue weighted by molar-refractivity contribution is -0.239. The molecule has 0 radical (unpaired) electrons. The summed E-state index contributed by atoms with van der Waals surface area (Å²) in [5.74, 6) is 1.90. The highest BCUT2D eigenvalue weighted by atomic mass is 16.3. The quantitative estimate of drug-likeness (QED) is 0.608. The molecule has 5 rings (SSSR count). The first-order valence-electron chi connectivity index (χ1n) is 10.9. The molecule has 1 aromatic heterocycles.